The minimum absolute atomic E-state index is 0.157. The van der Waals surface area contributed by atoms with Crippen molar-refractivity contribution in [2.45, 2.75) is 50.2 Å². The second-order valence-electron chi connectivity index (χ2n) is 6.09. The van der Waals surface area contributed by atoms with E-state index in [1.54, 1.807) is 11.8 Å². The van der Waals surface area contributed by atoms with Gasteiger partial charge in [-0.2, -0.15) is 11.8 Å². The van der Waals surface area contributed by atoms with Gasteiger partial charge in [-0.15, -0.1) is 0 Å². The Morgan fingerprint density at radius 3 is 2.75 bits per heavy atom. The van der Waals surface area contributed by atoms with Crippen LogP contribution >= 0.6 is 11.8 Å². The van der Waals surface area contributed by atoms with Gasteiger partial charge in [0.25, 0.3) is 0 Å². The number of rotatable bonds is 7. The molecule has 0 aromatic rings. The first-order valence-electron chi connectivity index (χ1n) is 8.12. The lowest BCUT2D eigenvalue weighted by Gasteiger charge is -2.28. The third-order valence-electron chi connectivity index (χ3n) is 4.40. The Balaban J connectivity index is 2.03. The first-order chi connectivity index (χ1) is 11.4. The highest BCUT2D eigenvalue weighted by Crippen LogP contribution is 2.19. The fourth-order valence-corrected chi connectivity index (χ4v) is 3.57. The van der Waals surface area contributed by atoms with Crippen molar-refractivity contribution >= 4 is 35.4 Å². The maximum Gasteiger partial charge on any atom is 0.245 e. The highest BCUT2D eigenvalue weighted by molar-refractivity contribution is 7.98. The highest BCUT2D eigenvalue weighted by Gasteiger charge is 2.37. The summed E-state index contributed by atoms with van der Waals surface area (Å²) in [5, 5.41) is 5.34. The highest BCUT2D eigenvalue weighted by atomic mass is 32.2. The third kappa shape index (κ3) is 4.40. The fourth-order valence-electron chi connectivity index (χ4n) is 3.10. The first-order valence-corrected chi connectivity index (χ1v) is 9.52. The van der Waals surface area contributed by atoms with Crippen LogP contribution in [0.1, 0.15) is 32.1 Å². The average Bonchev–Trinajstić information content (AvgIpc) is 3.19. The van der Waals surface area contributed by atoms with Gasteiger partial charge >= 0.3 is 0 Å². The molecule has 2 saturated heterocycles. The zero-order chi connectivity index (χ0) is 17.7. The van der Waals surface area contributed by atoms with Crippen molar-refractivity contribution in [1.82, 2.24) is 15.5 Å². The Morgan fingerprint density at radius 1 is 1.42 bits per heavy atom. The molecule has 2 rings (SSSR count). The van der Waals surface area contributed by atoms with Crippen LogP contribution in [-0.4, -0.2) is 65.2 Å². The topological polar surface area (TPSA) is 122 Å². The summed E-state index contributed by atoms with van der Waals surface area (Å²) in [5.41, 5.74) is 5.37. The number of nitrogens with two attached hydrogens (primary N) is 1. The predicted molar refractivity (Wildman–Crippen MR) is 90.0 cm³/mol. The Kier molecular flexibility index (Phi) is 6.47. The summed E-state index contributed by atoms with van der Waals surface area (Å²) in [6.45, 7) is 0.470. The summed E-state index contributed by atoms with van der Waals surface area (Å²) in [6.07, 6.45) is 4.42. The molecule has 0 aromatic carbocycles. The molecule has 0 saturated carbocycles. The van der Waals surface area contributed by atoms with Crippen molar-refractivity contribution in [2.24, 2.45) is 5.73 Å². The van der Waals surface area contributed by atoms with E-state index in [1.165, 1.54) is 4.90 Å². The number of primary amides is 1. The van der Waals surface area contributed by atoms with Crippen LogP contribution < -0.4 is 16.4 Å². The Labute approximate surface area is 145 Å². The molecule has 2 aliphatic rings. The zero-order valence-corrected chi connectivity index (χ0v) is 14.6. The molecular formula is C15H24N4O4S. The molecule has 2 heterocycles. The van der Waals surface area contributed by atoms with Crippen molar-refractivity contribution in [3.05, 3.63) is 0 Å². The largest absolute Gasteiger partial charge is 0.368 e. The molecule has 24 heavy (non-hydrogen) atoms. The lowest BCUT2D eigenvalue weighted by molar-refractivity contribution is -0.140. The summed E-state index contributed by atoms with van der Waals surface area (Å²) in [7, 11) is 0. The average molecular weight is 356 g/mol. The van der Waals surface area contributed by atoms with Crippen molar-refractivity contribution in [3.8, 4) is 0 Å². The molecule has 0 radical (unpaired) electrons. The summed E-state index contributed by atoms with van der Waals surface area (Å²) in [5.74, 6) is -0.601. The number of carbonyl (C=O) groups is 4. The molecule has 8 nitrogen and oxygen atoms in total. The van der Waals surface area contributed by atoms with Crippen LogP contribution in [0, 0.1) is 0 Å². The lowest BCUT2D eigenvalue weighted by atomic mass is 10.1. The minimum Gasteiger partial charge on any atom is -0.368 e. The van der Waals surface area contributed by atoms with Gasteiger partial charge in [0.1, 0.15) is 18.1 Å². The molecule has 134 valence electrons. The van der Waals surface area contributed by atoms with Crippen molar-refractivity contribution in [1.29, 1.82) is 0 Å². The predicted octanol–water partition coefficient (Wildman–Crippen LogP) is -1.02. The first kappa shape index (κ1) is 18.6. The van der Waals surface area contributed by atoms with E-state index in [4.69, 9.17) is 5.73 Å². The molecule has 2 aliphatic heterocycles. The number of nitrogens with zero attached hydrogens (tertiary/aromatic N) is 1. The number of hydrogen-bond donors (Lipinski definition) is 3. The molecule has 0 aromatic heterocycles. The van der Waals surface area contributed by atoms with Gasteiger partial charge in [0.15, 0.2) is 0 Å². The van der Waals surface area contributed by atoms with Crippen LogP contribution in [0.4, 0.5) is 0 Å². The van der Waals surface area contributed by atoms with Crippen molar-refractivity contribution < 1.29 is 19.2 Å². The van der Waals surface area contributed by atoms with E-state index < -0.39 is 24.0 Å². The maximum absolute atomic E-state index is 12.8. The minimum atomic E-state index is -0.706. The molecule has 4 N–H and O–H groups in total. The standard InChI is InChI=1S/C15H24N4O4S/c1-24-8-6-10(18-14(22)9-4-5-12(20)17-9)15(23)19-7-2-3-11(19)13(16)21/h9-11H,2-8H2,1H3,(H2,16,21)(H,17,20)(H,18,22)/t9-,10-,11-/m0/s1. The number of thioether (sulfide) groups is 1. The van der Waals surface area contributed by atoms with Crippen LogP contribution in [0.3, 0.4) is 0 Å². The Morgan fingerprint density at radius 2 is 2.17 bits per heavy atom. The van der Waals surface area contributed by atoms with Gasteiger partial charge in [-0.05, 0) is 37.7 Å². The van der Waals surface area contributed by atoms with E-state index >= 15 is 0 Å². The van der Waals surface area contributed by atoms with Crippen molar-refractivity contribution in [2.75, 3.05) is 18.6 Å². The molecule has 0 spiro atoms. The zero-order valence-electron chi connectivity index (χ0n) is 13.7. The SMILES string of the molecule is CSCC[C@H](NC(=O)[C@@H]1CCC(=O)N1)C(=O)N1CCC[C@H]1C(N)=O. The molecule has 9 heteroatoms. The monoisotopic (exact) mass is 356 g/mol. The third-order valence-corrected chi connectivity index (χ3v) is 5.05. The summed E-state index contributed by atoms with van der Waals surface area (Å²) in [4.78, 5) is 49.3. The fraction of sp³-hybridized carbons (Fsp3) is 0.733. The number of carbonyl (C=O) groups excluding carboxylic acids is 4. The second kappa shape index (κ2) is 8.36. The van der Waals surface area contributed by atoms with Gasteiger partial charge < -0.3 is 21.3 Å². The summed E-state index contributed by atoms with van der Waals surface area (Å²) in [6, 6.07) is -1.90. The summed E-state index contributed by atoms with van der Waals surface area (Å²) >= 11 is 1.57. The van der Waals surface area contributed by atoms with E-state index in [1.807, 2.05) is 6.26 Å². The van der Waals surface area contributed by atoms with Gasteiger partial charge in [0.2, 0.25) is 23.6 Å². The summed E-state index contributed by atoms with van der Waals surface area (Å²) < 4.78 is 0. The smallest absolute Gasteiger partial charge is 0.245 e. The van der Waals surface area contributed by atoms with Gasteiger partial charge in [-0.3, -0.25) is 19.2 Å². The van der Waals surface area contributed by atoms with Gasteiger partial charge in [0, 0.05) is 13.0 Å². The van der Waals surface area contributed by atoms with E-state index in [2.05, 4.69) is 10.6 Å². The Hall–Kier alpha value is -1.77. The molecule has 0 bridgehead atoms. The van der Waals surface area contributed by atoms with Crippen LogP contribution in [-0.2, 0) is 19.2 Å². The van der Waals surface area contributed by atoms with Crippen molar-refractivity contribution in [3.63, 3.8) is 0 Å². The number of likely N-dealkylation sites (tertiary alicyclic amines) is 1. The van der Waals surface area contributed by atoms with E-state index in [0.717, 1.165) is 6.42 Å². The number of nitrogens with one attached hydrogen (secondary N) is 2. The molecule has 0 unspecified atom stereocenters. The molecule has 3 atom stereocenters. The van der Waals surface area contributed by atoms with E-state index in [-0.39, 0.29) is 17.7 Å². The lowest BCUT2D eigenvalue weighted by Crippen LogP contribution is -2.55. The second-order valence-corrected chi connectivity index (χ2v) is 7.08. The van der Waals surface area contributed by atoms with Crippen LogP contribution in [0.5, 0.6) is 0 Å². The number of amides is 4. The quantitative estimate of drug-likeness (QED) is 0.539. The van der Waals surface area contributed by atoms with Crippen LogP contribution in [0.2, 0.25) is 0 Å². The molecule has 2 fully saturated rings. The molecule has 0 aliphatic carbocycles. The maximum atomic E-state index is 12.8. The van der Waals surface area contributed by atoms with Crippen LogP contribution in [0.15, 0.2) is 0 Å². The van der Waals surface area contributed by atoms with E-state index in [9.17, 15) is 19.2 Å². The molecule has 4 amide bonds. The van der Waals surface area contributed by atoms with Gasteiger partial charge in [-0.25, -0.2) is 0 Å². The van der Waals surface area contributed by atoms with Gasteiger partial charge in [-0.1, -0.05) is 0 Å². The number of hydrogen-bond acceptors (Lipinski definition) is 5. The van der Waals surface area contributed by atoms with Crippen LogP contribution in [0.25, 0.3) is 0 Å². The van der Waals surface area contributed by atoms with Gasteiger partial charge in [0.05, 0.1) is 0 Å². The normalized spacial score (nSPS) is 24.5. The molecular weight excluding hydrogens is 332 g/mol. The Bertz CT molecular complexity index is 528. The van der Waals surface area contributed by atoms with E-state index in [0.29, 0.717) is 38.0 Å².